The van der Waals surface area contributed by atoms with Gasteiger partial charge in [0.05, 0.1) is 6.04 Å². The summed E-state index contributed by atoms with van der Waals surface area (Å²) in [4.78, 5) is 12.7. The van der Waals surface area contributed by atoms with Crippen molar-refractivity contribution in [3.63, 3.8) is 0 Å². The van der Waals surface area contributed by atoms with Gasteiger partial charge in [0, 0.05) is 6.54 Å². The lowest BCUT2D eigenvalue weighted by Gasteiger charge is -2.20. The molecule has 1 heterocycles. The predicted molar refractivity (Wildman–Crippen MR) is 54.6 cm³/mol. The number of hydrogen-bond donors (Lipinski definition) is 1. The van der Waals surface area contributed by atoms with Crippen LogP contribution in [0.5, 0.6) is 0 Å². The van der Waals surface area contributed by atoms with E-state index in [9.17, 15) is 9.82 Å². The van der Waals surface area contributed by atoms with Gasteiger partial charge >= 0.3 is 7.05 Å². The molecule has 4 heteroatoms. The van der Waals surface area contributed by atoms with Crippen molar-refractivity contribution in [1.82, 2.24) is 4.81 Å². The van der Waals surface area contributed by atoms with Gasteiger partial charge in [-0.1, -0.05) is 24.3 Å². The van der Waals surface area contributed by atoms with Crippen LogP contribution in [0.25, 0.3) is 0 Å². The number of rotatable bonds is 2. The molecule has 0 aliphatic carbocycles. The standard InChI is InChI=1S/C10H12BNO2/c1-11(14)12-6-8-4-2-3-5-9(8)10(12)7-13/h2-5,7,10,14H,6H2,1H3. The Hall–Kier alpha value is -1.13. The van der Waals surface area contributed by atoms with Gasteiger partial charge in [-0.15, -0.1) is 0 Å². The summed E-state index contributed by atoms with van der Waals surface area (Å²) in [7, 11) is -0.586. The Morgan fingerprint density at radius 2 is 2.29 bits per heavy atom. The molecule has 0 radical (unpaired) electrons. The second-order valence-electron chi connectivity index (χ2n) is 3.58. The molecule has 0 aromatic heterocycles. The first-order chi connectivity index (χ1) is 6.74. The summed E-state index contributed by atoms with van der Waals surface area (Å²) < 4.78 is 0. The molecule has 1 N–H and O–H groups in total. The fraction of sp³-hybridized carbons (Fsp3) is 0.300. The number of nitrogens with zero attached hydrogens (tertiary/aromatic N) is 1. The molecule has 0 spiro atoms. The quantitative estimate of drug-likeness (QED) is 0.553. The van der Waals surface area contributed by atoms with E-state index in [0.717, 1.165) is 17.4 Å². The normalized spacial score (nSPS) is 20.6. The van der Waals surface area contributed by atoms with Gasteiger partial charge in [-0.2, -0.15) is 0 Å². The monoisotopic (exact) mass is 189 g/mol. The summed E-state index contributed by atoms with van der Waals surface area (Å²) >= 11 is 0. The van der Waals surface area contributed by atoms with Crippen LogP contribution in [0.4, 0.5) is 0 Å². The highest BCUT2D eigenvalue weighted by Crippen LogP contribution is 2.32. The smallest absolute Gasteiger partial charge is 0.377 e. The molecular weight excluding hydrogens is 177 g/mol. The Morgan fingerprint density at radius 3 is 2.93 bits per heavy atom. The summed E-state index contributed by atoms with van der Waals surface area (Å²) in [5, 5.41) is 9.49. The number of carbonyl (C=O) groups is 1. The fourth-order valence-electron chi connectivity index (χ4n) is 1.96. The van der Waals surface area contributed by atoms with E-state index in [1.54, 1.807) is 11.6 Å². The number of carbonyl (C=O) groups excluding carboxylic acids is 1. The third-order valence-electron chi connectivity index (χ3n) is 2.69. The van der Waals surface area contributed by atoms with Crippen LogP contribution in [0.15, 0.2) is 24.3 Å². The van der Waals surface area contributed by atoms with Crippen molar-refractivity contribution in [2.75, 3.05) is 0 Å². The van der Waals surface area contributed by atoms with Crippen LogP contribution in [0.2, 0.25) is 6.82 Å². The van der Waals surface area contributed by atoms with Gasteiger partial charge in [0.2, 0.25) is 0 Å². The van der Waals surface area contributed by atoms with Crippen LogP contribution >= 0.6 is 0 Å². The average Bonchev–Trinajstić information content (AvgIpc) is 2.56. The zero-order chi connectivity index (χ0) is 10.1. The zero-order valence-corrected chi connectivity index (χ0v) is 8.05. The van der Waals surface area contributed by atoms with E-state index in [0.29, 0.717) is 6.54 Å². The molecule has 1 atom stereocenters. The first-order valence-corrected chi connectivity index (χ1v) is 4.71. The maximum Gasteiger partial charge on any atom is 0.377 e. The second kappa shape index (κ2) is 3.56. The van der Waals surface area contributed by atoms with Crippen molar-refractivity contribution >= 4 is 13.3 Å². The highest BCUT2D eigenvalue weighted by molar-refractivity contribution is 6.45. The Morgan fingerprint density at radius 1 is 1.57 bits per heavy atom. The molecule has 0 saturated heterocycles. The molecule has 1 unspecified atom stereocenters. The van der Waals surface area contributed by atoms with Crippen LogP contribution in [0.3, 0.4) is 0 Å². The van der Waals surface area contributed by atoms with Crippen molar-refractivity contribution in [1.29, 1.82) is 0 Å². The van der Waals surface area contributed by atoms with E-state index < -0.39 is 7.05 Å². The highest BCUT2D eigenvalue weighted by Gasteiger charge is 2.33. The molecule has 0 bridgehead atoms. The lowest BCUT2D eigenvalue weighted by atomic mass is 9.84. The Bertz CT molecular complexity index is 354. The molecule has 0 fully saturated rings. The van der Waals surface area contributed by atoms with E-state index in [1.165, 1.54) is 0 Å². The zero-order valence-electron chi connectivity index (χ0n) is 8.05. The summed E-state index contributed by atoms with van der Waals surface area (Å²) in [5.74, 6) is 0. The van der Waals surface area contributed by atoms with Gasteiger partial charge < -0.3 is 14.6 Å². The number of hydrogen-bond acceptors (Lipinski definition) is 3. The van der Waals surface area contributed by atoms with Crippen LogP contribution in [-0.2, 0) is 11.3 Å². The molecule has 0 amide bonds. The van der Waals surface area contributed by atoms with Crippen LogP contribution in [-0.4, -0.2) is 23.2 Å². The van der Waals surface area contributed by atoms with Crippen molar-refractivity contribution in [2.45, 2.75) is 19.4 Å². The van der Waals surface area contributed by atoms with Gasteiger partial charge in [-0.05, 0) is 17.9 Å². The largest absolute Gasteiger partial charge is 0.437 e. The van der Waals surface area contributed by atoms with Gasteiger partial charge in [-0.25, -0.2) is 0 Å². The summed E-state index contributed by atoms with van der Waals surface area (Å²) in [6, 6.07) is 7.52. The summed E-state index contributed by atoms with van der Waals surface area (Å²) in [5.41, 5.74) is 2.15. The molecule has 14 heavy (non-hydrogen) atoms. The lowest BCUT2D eigenvalue weighted by Crippen LogP contribution is -2.36. The first kappa shape index (κ1) is 9.43. The number of fused-ring (bicyclic) bond motifs is 1. The molecule has 1 aromatic carbocycles. The minimum Gasteiger partial charge on any atom is -0.437 e. The van der Waals surface area contributed by atoms with Crippen molar-refractivity contribution < 1.29 is 9.82 Å². The maximum atomic E-state index is 10.9. The van der Waals surface area contributed by atoms with Crippen LogP contribution < -0.4 is 0 Å². The Labute approximate surface area is 83.5 Å². The third kappa shape index (κ3) is 1.36. The van der Waals surface area contributed by atoms with Crippen molar-refractivity contribution in [3.05, 3.63) is 35.4 Å². The second-order valence-corrected chi connectivity index (χ2v) is 3.58. The minimum atomic E-state index is -0.586. The van der Waals surface area contributed by atoms with Gasteiger partial charge in [0.1, 0.15) is 6.29 Å². The summed E-state index contributed by atoms with van der Waals surface area (Å²) in [6.07, 6.45) is 0.887. The Kier molecular flexibility index (Phi) is 2.39. The topological polar surface area (TPSA) is 40.5 Å². The molecule has 3 nitrogen and oxygen atoms in total. The number of benzene rings is 1. The van der Waals surface area contributed by atoms with E-state index in [1.807, 2.05) is 24.3 Å². The first-order valence-electron chi connectivity index (χ1n) is 4.71. The van der Waals surface area contributed by atoms with Gasteiger partial charge in [-0.3, -0.25) is 0 Å². The minimum absolute atomic E-state index is 0.286. The molecule has 0 saturated carbocycles. The van der Waals surface area contributed by atoms with E-state index in [-0.39, 0.29) is 6.04 Å². The average molecular weight is 189 g/mol. The van der Waals surface area contributed by atoms with E-state index >= 15 is 0 Å². The van der Waals surface area contributed by atoms with Gasteiger partial charge in [0.15, 0.2) is 0 Å². The van der Waals surface area contributed by atoms with E-state index in [4.69, 9.17) is 0 Å². The number of aldehydes is 1. The molecule has 1 aliphatic rings. The van der Waals surface area contributed by atoms with Crippen LogP contribution in [0.1, 0.15) is 17.2 Å². The summed E-state index contributed by atoms with van der Waals surface area (Å²) in [6.45, 7) is 2.33. The Balaban J connectivity index is 2.38. The highest BCUT2D eigenvalue weighted by atomic mass is 16.2. The molecule has 1 aliphatic heterocycles. The van der Waals surface area contributed by atoms with Crippen molar-refractivity contribution in [3.8, 4) is 0 Å². The molecule has 2 rings (SSSR count). The lowest BCUT2D eigenvalue weighted by molar-refractivity contribution is -0.111. The van der Waals surface area contributed by atoms with Crippen molar-refractivity contribution in [2.24, 2.45) is 0 Å². The molecule has 1 aromatic rings. The molecular formula is C10H12BNO2. The SMILES string of the molecule is CB(O)N1Cc2ccccc2C1C=O. The maximum absolute atomic E-state index is 10.9. The molecule has 72 valence electrons. The fourth-order valence-corrected chi connectivity index (χ4v) is 1.96. The predicted octanol–water partition coefficient (Wildman–Crippen LogP) is 0.853. The third-order valence-corrected chi connectivity index (χ3v) is 2.69. The van der Waals surface area contributed by atoms with E-state index in [2.05, 4.69) is 0 Å². The van der Waals surface area contributed by atoms with Crippen LogP contribution in [0, 0.1) is 0 Å². The van der Waals surface area contributed by atoms with Gasteiger partial charge in [0.25, 0.3) is 0 Å².